The number of hydrogen-bond donors (Lipinski definition) is 3. The highest BCUT2D eigenvalue weighted by atomic mass is 32.2. The Labute approximate surface area is 293 Å². The highest BCUT2D eigenvalue weighted by molar-refractivity contribution is 7.85. The van der Waals surface area contributed by atoms with Gasteiger partial charge in [-0.05, 0) is 12.8 Å². The van der Waals surface area contributed by atoms with Crippen LogP contribution >= 0.6 is 0 Å². The smallest absolute Gasteiger partial charge is 0.266 e. The van der Waals surface area contributed by atoms with Crippen LogP contribution in [0.5, 0.6) is 0 Å². The van der Waals surface area contributed by atoms with Crippen molar-refractivity contribution in [1.82, 2.24) is 5.32 Å². The van der Waals surface area contributed by atoms with Gasteiger partial charge in [0.2, 0.25) is 5.91 Å². The Kier molecular flexibility index (Phi) is 34.7. The molecule has 0 bridgehead atoms. The van der Waals surface area contributed by atoms with E-state index in [1.807, 2.05) is 0 Å². The predicted molar refractivity (Wildman–Crippen MR) is 203 cm³/mol. The van der Waals surface area contributed by atoms with Crippen molar-refractivity contribution in [2.45, 2.75) is 244 Å². The van der Waals surface area contributed by atoms with Crippen LogP contribution in [0.25, 0.3) is 0 Å². The average Bonchev–Trinajstić information content (AvgIpc) is 3.03. The zero-order valence-electron chi connectivity index (χ0n) is 31.4. The summed E-state index contributed by atoms with van der Waals surface area (Å²) in [4.78, 5) is 12.5. The second kappa shape index (κ2) is 35.2. The van der Waals surface area contributed by atoms with Crippen molar-refractivity contribution in [1.29, 1.82) is 0 Å². The number of carbonyl (C=O) groups is 1. The van der Waals surface area contributed by atoms with Crippen LogP contribution in [-0.4, -0.2) is 41.9 Å². The number of amides is 1. The second-order valence-corrected chi connectivity index (χ2v) is 16.1. The van der Waals surface area contributed by atoms with Crippen LogP contribution in [0.3, 0.4) is 0 Å². The predicted octanol–water partition coefficient (Wildman–Crippen LogP) is 12.0. The Bertz CT molecular complexity index is 760. The lowest BCUT2D eigenvalue weighted by molar-refractivity contribution is -0.122. The first-order valence-electron chi connectivity index (χ1n) is 20.7. The number of hydrogen-bond acceptors (Lipinski definition) is 4. The van der Waals surface area contributed by atoms with Gasteiger partial charge in [-0.1, -0.05) is 213 Å². The Morgan fingerprint density at radius 1 is 0.489 bits per heavy atom. The summed E-state index contributed by atoms with van der Waals surface area (Å²) in [7, 11) is -4.30. The Morgan fingerprint density at radius 3 is 1.06 bits per heavy atom. The van der Waals surface area contributed by atoms with E-state index in [9.17, 15) is 22.9 Å². The Hall–Kier alpha value is -0.660. The van der Waals surface area contributed by atoms with Crippen molar-refractivity contribution >= 4 is 16.0 Å². The minimum absolute atomic E-state index is 0.241. The lowest BCUT2D eigenvalue weighted by Gasteiger charge is -2.23. The second-order valence-electron chi connectivity index (χ2n) is 14.6. The molecular formula is C40H81NO5S. The maximum Gasteiger partial charge on any atom is 0.266 e. The molecule has 0 aromatic rings. The lowest BCUT2D eigenvalue weighted by Crippen LogP contribution is -2.47. The normalized spacial score (nSPS) is 13.2. The average molecular weight is 688 g/mol. The zero-order chi connectivity index (χ0) is 34.7. The number of carbonyl (C=O) groups excluding carboxylic acids is 1. The molecule has 282 valence electrons. The fourth-order valence-electron chi connectivity index (χ4n) is 6.69. The molecule has 0 aliphatic rings. The van der Waals surface area contributed by atoms with Gasteiger partial charge in [0.05, 0.1) is 17.9 Å². The van der Waals surface area contributed by atoms with E-state index in [2.05, 4.69) is 19.2 Å². The molecule has 0 saturated heterocycles. The first kappa shape index (κ1) is 46.3. The molecule has 0 fully saturated rings. The van der Waals surface area contributed by atoms with Crippen molar-refractivity contribution in [2.75, 3.05) is 5.75 Å². The van der Waals surface area contributed by atoms with Gasteiger partial charge in [-0.15, -0.1) is 0 Å². The molecule has 6 nitrogen and oxygen atoms in total. The van der Waals surface area contributed by atoms with E-state index in [0.29, 0.717) is 12.8 Å². The SMILES string of the molecule is CCCCCCCCCCCCCCCCCCCCCC(=O)NC(CS(=O)(=O)O)C(O)CCCCCCCCCCCCCCC. The van der Waals surface area contributed by atoms with Crippen LogP contribution in [-0.2, 0) is 14.9 Å². The topological polar surface area (TPSA) is 104 Å². The van der Waals surface area contributed by atoms with E-state index in [4.69, 9.17) is 0 Å². The van der Waals surface area contributed by atoms with Gasteiger partial charge in [-0.25, -0.2) is 0 Å². The summed E-state index contributed by atoms with van der Waals surface area (Å²) in [5.41, 5.74) is 0. The Morgan fingerprint density at radius 2 is 0.766 bits per heavy atom. The molecule has 1 amide bonds. The minimum Gasteiger partial charge on any atom is -0.391 e. The number of aliphatic hydroxyl groups excluding tert-OH is 1. The van der Waals surface area contributed by atoms with Crippen molar-refractivity contribution in [3.63, 3.8) is 0 Å². The molecule has 0 radical (unpaired) electrons. The third-order valence-electron chi connectivity index (χ3n) is 9.81. The molecule has 0 aromatic carbocycles. The lowest BCUT2D eigenvalue weighted by atomic mass is 10.0. The summed E-state index contributed by atoms with van der Waals surface area (Å²) in [5, 5.41) is 13.3. The van der Waals surface area contributed by atoms with E-state index >= 15 is 0 Å². The van der Waals surface area contributed by atoms with Crippen LogP contribution in [0, 0.1) is 0 Å². The quantitative estimate of drug-likeness (QED) is 0.0443. The van der Waals surface area contributed by atoms with Gasteiger partial charge in [0, 0.05) is 6.42 Å². The van der Waals surface area contributed by atoms with E-state index in [1.54, 1.807) is 0 Å². The first-order valence-corrected chi connectivity index (χ1v) is 22.3. The van der Waals surface area contributed by atoms with E-state index < -0.39 is 28.0 Å². The maximum absolute atomic E-state index is 12.5. The molecule has 7 heteroatoms. The van der Waals surface area contributed by atoms with Crippen molar-refractivity contribution in [3.8, 4) is 0 Å². The molecule has 0 aromatic heterocycles. The largest absolute Gasteiger partial charge is 0.391 e. The van der Waals surface area contributed by atoms with Gasteiger partial charge in [-0.2, -0.15) is 8.42 Å². The highest BCUT2D eigenvalue weighted by Crippen LogP contribution is 2.17. The number of unbranched alkanes of at least 4 members (excludes halogenated alkanes) is 30. The van der Waals surface area contributed by atoms with Crippen LogP contribution in [0.15, 0.2) is 0 Å². The molecular weight excluding hydrogens is 607 g/mol. The number of aliphatic hydroxyl groups is 1. The van der Waals surface area contributed by atoms with Gasteiger partial charge in [0.15, 0.2) is 0 Å². The van der Waals surface area contributed by atoms with E-state index in [-0.39, 0.29) is 5.91 Å². The van der Waals surface area contributed by atoms with Crippen LogP contribution < -0.4 is 5.32 Å². The summed E-state index contributed by atoms with van der Waals surface area (Å²) in [5.74, 6) is -0.882. The summed E-state index contributed by atoms with van der Waals surface area (Å²) in [6, 6.07) is -0.963. The van der Waals surface area contributed by atoms with Crippen LogP contribution in [0.2, 0.25) is 0 Å². The van der Waals surface area contributed by atoms with Crippen molar-refractivity contribution in [2.24, 2.45) is 0 Å². The van der Waals surface area contributed by atoms with Gasteiger partial charge >= 0.3 is 0 Å². The molecule has 0 saturated carbocycles. The fraction of sp³-hybridized carbons (Fsp3) is 0.975. The maximum atomic E-state index is 12.5. The number of rotatable bonds is 38. The molecule has 0 aliphatic carbocycles. The molecule has 0 heterocycles. The van der Waals surface area contributed by atoms with Crippen molar-refractivity contribution in [3.05, 3.63) is 0 Å². The molecule has 0 rings (SSSR count). The fourth-order valence-corrected chi connectivity index (χ4v) is 7.45. The minimum atomic E-state index is -4.30. The zero-order valence-corrected chi connectivity index (χ0v) is 32.2. The monoisotopic (exact) mass is 688 g/mol. The molecule has 0 spiro atoms. The van der Waals surface area contributed by atoms with Crippen LogP contribution in [0.4, 0.5) is 0 Å². The standard InChI is InChI=1S/C40H81NO5S/c1-3-5-7-9-11-13-15-17-18-19-20-21-22-24-26-28-30-32-34-36-40(43)41-38(37-47(44,45)46)39(42)35-33-31-29-27-25-23-16-14-12-10-8-6-4-2/h38-39,42H,3-37H2,1-2H3,(H,41,43)(H,44,45,46). The summed E-state index contributed by atoms with van der Waals surface area (Å²) >= 11 is 0. The van der Waals surface area contributed by atoms with Gasteiger partial charge in [0.1, 0.15) is 0 Å². The van der Waals surface area contributed by atoms with Gasteiger partial charge in [-0.3, -0.25) is 9.35 Å². The van der Waals surface area contributed by atoms with Crippen LogP contribution in [0.1, 0.15) is 232 Å². The molecule has 3 N–H and O–H groups in total. The van der Waals surface area contributed by atoms with Crippen molar-refractivity contribution < 1.29 is 22.9 Å². The molecule has 0 aliphatic heterocycles. The summed E-state index contributed by atoms with van der Waals surface area (Å²) in [6.07, 6.45) is 40.5. The summed E-state index contributed by atoms with van der Waals surface area (Å²) < 4.78 is 32.5. The van der Waals surface area contributed by atoms with Gasteiger partial charge in [0.25, 0.3) is 10.1 Å². The third-order valence-corrected chi connectivity index (χ3v) is 10.6. The molecule has 47 heavy (non-hydrogen) atoms. The first-order chi connectivity index (χ1) is 22.8. The number of nitrogens with one attached hydrogen (secondary N) is 1. The molecule has 2 unspecified atom stereocenters. The Balaban J connectivity index is 3.79. The van der Waals surface area contributed by atoms with E-state index in [1.165, 1.54) is 167 Å². The summed E-state index contributed by atoms with van der Waals surface area (Å²) in [6.45, 7) is 4.53. The molecule has 2 atom stereocenters. The third kappa shape index (κ3) is 36.4. The van der Waals surface area contributed by atoms with Gasteiger partial charge < -0.3 is 10.4 Å². The van der Waals surface area contributed by atoms with E-state index in [0.717, 1.165) is 38.5 Å². The highest BCUT2D eigenvalue weighted by Gasteiger charge is 2.26.